The fourth-order valence-corrected chi connectivity index (χ4v) is 12.8. The van der Waals surface area contributed by atoms with Gasteiger partial charge in [-0.25, -0.2) is 46.2 Å². The summed E-state index contributed by atoms with van der Waals surface area (Å²) in [6.07, 6.45) is -7.15. The fraction of sp³-hybridized carbons (Fsp3) is 0.478. The summed E-state index contributed by atoms with van der Waals surface area (Å²) in [7, 11) is -8.52. The molecule has 0 spiro atoms. The lowest BCUT2D eigenvalue weighted by Gasteiger charge is -2.30. The summed E-state index contributed by atoms with van der Waals surface area (Å²) in [5.41, 5.74) is 9.82. The van der Waals surface area contributed by atoms with E-state index in [9.17, 15) is 36.3 Å². The molecule has 6 aliphatic rings. The molecule has 6 saturated heterocycles. The predicted molar refractivity (Wildman–Crippen MR) is 258 cm³/mol. The van der Waals surface area contributed by atoms with Gasteiger partial charge in [-0.05, 0) is 39.8 Å². The molecule has 6 aliphatic heterocycles. The van der Waals surface area contributed by atoms with Gasteiger partial charge in [0, 0.05) is 24.0 Å². The normalized spacial score (nSPS) is 31.6. The number of aromatic nitrogens is 8. The molecule has 428 valence electrons. The van der Waals surface area contributed by atoms with Crippen molar-refractivity contribution in [3.8, 4) is 11.8 Å². The van der Waals surface area contributed by atoms with Crippen molar-refractivity contribution < 1.29 is 101 Å². The number of hydrogen-bond acceptors (Lipinski definition) is 26. The summed E-state index contributed by atoms with van der Waals surface area (Å²) in [6, 6.07) is 7.21. The number of nitrogens with two attached hydrogens (primary N) is 2. The second-order valence-corrected chi connectivity index (χ2v) is 21.9. The minimum absolute atomic E-state index is 0.0778. The van der Waals surface area contributed by atoms with Gasteiger partial charge < -0.3 is 49.4 Å². The summed E-state index contributed by atoms with van der Waals surface area (Å²) >= 11 is 0. The molecule has 34 heteroatoms. The molecule has 0 unspecified atom stereocenters. The molecule has 4 aromatic heterocycles. The third-order valence-corrected chi connectivity index (χ3v) is 16.5. The molecule has 2 aromatic carbocycles. The van der Waals surface area contributed by atoms with Crippen LogP contribution in [-0.2, 0) is 64.7 Å². The molecule has 0 radical (unpaired) electrons. The van der Waals surface area contributed by atoms with Crippen LogP contribution >= 0.6 is 15.6 Å². The lowest BCUT2D eigenvalue weighted by atomic mass is 9.96. The number of phosphoric acid groups is 2. The van der Waals surface area contributed by atoms with Gasteiger partial charge in [0.25, 0.3) is 0 Å². The van der Waals surface area contributed by atoms with Crippen LogP contribution in [0.1, 0.15) is 76.3 Å². The molecule has 0 aliphatic carbocycles. The smallest absolute Gasteiger partial charge is 0.476 e. The van der Waals surface area contributed by atoms with E-state index < -0.39 is 125 Å². The van der Waals surface area contributed by atoms with Crippen LogP contribution in [0.5, 0.6) is 11.8 Å². The SMILES string of the molecule is CCOc1nc(N)nc2c1ncn2[C@@H]1O[C@H](CO[P@@]2(=O)OCC[C@@H](c3cccc(F)c3F)O2)[C@H]2OC(=O)O[C@]21C.CCOc1nc(N)nc2c1ncn2[C@@H]1O[C@H](CO[P@]2(=O)OCC[C@H](c3cccc(F)c3F)O2)[C@H]2OC(=O)O[C@]21C. The molecular formula is C46H48F4N10O18P2. The molecule has 12 rings (SSSR count). The van der Waals surface area contributed by atoms with Crippen molar-refractivity contribution >= 4 is 62.2 Å². The number of rotatable bonds is 14. The van der Waals surface area contributed by atoms with Crippen molar-refractivity contribution in [2.45, 2.75) is 101 Å². The number of nitrogen functional groups attached to an aromatic ring is 2. The number of nitrogens with zero attached hydrogens (tertiary/aromatic N) is 8. The van der Waals surface area contributed by atoms with E-state index in [0.717, 1.165) is 12.1 Å². The van der Waals surface area contributed by atoms with Crippen molar-refractivity contribution in [3.05, 3.63) is 83.4 Å². The van der Waals surface area contributed by atoms with E-state index in [-0.39, 0.29) is 72.1 Å². The van der Waals surface area contributed by atoms with E-state index in [1.54, 1.807) is 27.7 Å². The zero-order valence-corrected chi connectivity index (χ0v) is 44.2. The molecular weight excluding hydrogens is 1120 g/mol. The first-order valence-electron chi connectivity index (χ1n) is 24.6. The Morgan fingerprint density at radius 2 is 1.06 bits per heavy atom. The summed E-state index contributed by atoms with van der Waals surface area (Å²) in [5.74, 6) is -4.19. The molecule has 6 fully saturated rings. The highest BCUT2D eigenvalue weighted by Gasteiger charge is 2.66. The highest BCUT2D eigenvalue weighted by molar-refractivity contribution is 7.48. The number of hydrogen-bond donors (Lipinski definition) is 2. The quantitative estimate of drug-likeness (QED) is 0.0620. The summed E-state index contributed by atoms with van der Waals surface area (Å²) in [4.78, 5) is 49.7. The highest BCUT2D eigenvalue weighted by atomic mass is 31.2. The Bertz CT molecular complexity index is 3270. The van der Waals surface area contributed by atoms with Crippen LogP contribution in [0.4, 0.5) is 39.0 Å². The summed E-state index contributed by atoms with van der Waals surface area (Å²) < 4.78 is 163. The van der Waals surface area contributed by atoms with Crippen LogP contribution in [-0.4, -0.2) is 127 Å². The van der Waals surface area contributed by atoms with Crippen molar-refractivity contribution in [1.82, 2.24) is 39.0 Å². The van der Waals surface area contributed by atoms with Gasteiger partial charge in [0.1, 0.15) is 12.2 Å². The third kappa shape index (κ3) is 9.99. The van der Waals surface area contributed by atoms with Crippen LogP contribution in [0, 0.1) is 23.3 Å². The van der Waals surface area contributed by atoms with Gasteiger partial charge in [0.15, 0.2) is 81.5 Å². The van der Waals surface area contributed by atoms with Crippen LogP contribution < -0.4 is 20.9 Å². The standard InChI is InChI=1S/2C23H24F2N5O9P/c2*1-3-33-19-16-18(28-21(26)29-19)30(10-27-16)20-23(2)17(37-22(31)38-23)14(36-20)9-35-40(32)34-8-7-13(39-40)11-5-4-6-12(24)15(11)25/h2*4-6,10,13-14,17,20H,3,7-9H2,1-2H3,(H2,26,28,29)/t13-,14+,17+,20+,23+,40+;13-,14-,17-,20-,23-,40+/m01/s1. The van der Waals surface area contributed by atoms with Gasteiger partial charge in [-0.3, -0.25) is 36.3 Å². The number of anilines is 2. The lowest BCUT2D eigenvalue weighted by Crippen LogP contribution is -2.42. The van der Waals surface area contributed by atoms with Crippen molar-refractivity contribution in [3.63, 3.8) is 0 Å². The van der Waals surface area contributed by atoms with Gasteiger partial charge in [-0.1, -0.05) is 24.3 Å². The van der Waals surface area contributed by atoms with E-state index >= 15 is 0 Å². The Morgan fingerprint density at radius 1 is 0.650 bits per heavy atom. The summed E-state index contributed by atoms with van der Waals surface area (Å²) in [6.45, 7) is 6.26. The van der Waals surface area contributed by atoms with E-state index in [2.05, 4.69) is 29.9 Å². The lowest BCUT2D eigenvalue weighted by molar-refractivity contribution is -0.0928. The van der Waals surface area contributed by atoms with Gasteiger partial charge in [0.05, 0.1) is 64.5 Å². The van der Waals surface area contributed by atoms with Crippen molar-refractivity contribution in [1.29, 1.82) is 0 Å². The second kappa shape index (κ2) is 21.2. The number of fused-ring (bicyclic) bond motifs is 4. The average molecular weight is 1170 g/mol. The number of halogens is 4. The molecule has 12 atom stereocenters. The molecule has 4 N–H and O–H groups in total. The topological polar surface area (TPSA) is 337 Å². The maximum absolute atomic E-state index is 14.3. The molecule has 0 saturated carbocycles. The zero-order chi connectivity index (χ0) is 56.5. The Hall–Kier alpha value is -6.86. The Kier molecular flexibility index (Phi) is 14.6. The number of phosphoric ester groups is 2. The molecule has 0 amide bonds. The van der Waals surface area contributed by atoms with E-state index in [0.29, 0.717) is 24.2 Å². The monoisotopic (exact) mass is 1170 g/mol. The molecule has 28 nitrogen and oxygen atoms in total. The van der Waals surface area contributed by atoms with Crippen LogP contribution in [0.2, 0.25) is 0 Å². The molecule has 80 heavy (non-hydrogen) atoms. The van der Waals surface area contributed by atoms with Crippen molar-refractivity contribution in [2.75, 3.05) is 51.1 Å². The summed E-state index contributed by atoms with van der Waals surface area (Å²) in [5, 5.41) is 0. The maximum atomic E-state index is 14.3. The minimum atomic E-state index is -4.26. The first-order valence-corrected chi connectivity index (χ1v) is 27.5. The number of carbonyl (C=O) groups excluding carboxylic acids is 2. The predicted octanol–water partition coefficient (Wildman–Crippen LogP) is 7.16. The van der Waals surface area contributed by atoms with Crippen LogP contribution in [0.3, 0.4) is 0 Å². The Labute approximate surface area is 448 Å². The fourth-order valence-electron chi connectivity index (χ4n) is 10.00. The molecule has 0 bridgehead atoms. The number of imidazole rings is 2. The Morgan fingerprint density at radius 3 is 1.46 bits per heavy atom. The van der Waals surface area contributed by atoms with Gasteiger partial charge >= 0.3 is 28.0 Å². The first kappa shape index (κ1) is 55.1. The number of carbonyl (C=O) groups is 2. The van der Waals surface area contributed by atoms with Gasteiger partial charge in [-0.2, -0.15) is 19.9 Å². The van der Waals surface area contributed by atoms with Gasteiger partial charge in [-0.15, -0.1) is 0 Å². The largest absolute Gasteiger partial charge is 0.509 e. The van der Waals surface area contributed by atoms with Crippen LogP contribution in [0.25, 0.3) is 22.3 Å². The third-order valence-electron chi connectivity index (χ3n) is 13.5. The Balaban J connectivity index is 0.000000169. The highest BCUT2D eigenvalue weighted by Crippen LogP contribution is 2.60. The number of ether oxygens (including phenoxy) is 8. The van der Waals surface area contributed by atoms with E-state index in [4.69, 9.17) is 76.5 Å². The van der Waals surface area contributed by atoms with E-state index in [1.807, 2.05) is 0 Å². The maximum Gasteiger partial charge on any atom is 0.509 e. The first-order chi connectivity index (χ1) is 38.2. The zero-order valence-electron chi connectivity index (χ0n) is 42.4. The van der Waals surface area contributed by atoms with E-state index in [1.165, 1.54) is 46.1 Å². The van der Waals surface area contributed by atoms with Crippen molar-refractivity contribution in [2.24, 2.45) is 0 Å². The second-order valence-electron chi connectivity index (χ2n) is 18.7. The molecule has 10 heterocycles. The van der Waals surface area contributed by atoms with Crippen LogP contribution in [0.15, 0.2) is 49.1 Å². The molecule has 6 aromatic rings. The number of benzene rings is 2. The van der Waals surface area contributed by atoms with Gasteiger partial charge in [0.2, 0.25) is 23.7 Å². The average Bonchev–Trinajstić information content (AvgIpc) is 4.25. The minimum Gasteiger partial charge on any atom is -0.476 e.